The molecule has 0 aromatic heterocycles. The smallest absolute Gasteiger partial charge is 0.305 e. The molecule has 6 nitrogen and oxygen atoms in total. The van der Waals surface area contributed by atoms with Gasteiger partial charge in [-0.25, -0.2) is 4.39 Å². The van der Waals surface area contributed by atoms with Gasteiger partial charge < -0.3 is 20.2 Å². The Hall–Kier alpha value is -2.43. The monoisotopic (exact) mass is 391 g/mol. The van der Waals surface area contributed by atoms with Crippen molar-refractivity contribution in [2.75, 3.05) is 0 Å². The van der Waals surface area contributed by atoms with Crippen molar-refractivity contribution in [3.8, 4) is 11.8 Å². The van der Waals surface area contributed by atoms with E-state index in [0.717, 1.165) is 5.56 Å². The minimum absolute atomic E-state index is 0.0170. The maximum Gasteiger partial charge on any atom is 0.305 e. The summed E-state index contributed by atoms with van der Waals surface area (Å²) in [6, 6.07) is 5.50. The number of rotatable bonds is 7. The van der Waals surface area contributed by atoms with E-state index in [1.807, 2.05) is 13.8 Å². The molecule has 2 rings (SSSR count). The van der Waals surface area contributed by atoms with E-state index in [0.29, 0.717) is 13.0 Å². The van der Waals surface area contributed by atoms with Gasteiger partial charge in [-0.3, -0.25) is 9.59 Å². The van der Waals surface area contributed by atoms with Crippen LogP contribution in [0.2, 0.25) is 0 Å². The zero-order chi connectivity index (χ0) is 20.8. The lowest BCUT2D eigenvalue weighted by molar-refractivity contribution is -0.139. The van der Waals surface area contributed by atoms with E-state index in [1.165, 1.54) is 12.1 Å². The zero-order valence-corrected chi connectivity index (χ0v) is 16.0. The fourth-order valence-corrected chi connectivity index (χ4v) is 3.36. The SMILES string of the molecule is CC(C)[C@H]1CC(=O)N(Cc2ccc(F)cc2)[C@H]1C#C[C@@H](O)C[C@@H](O)CC(=O)O. The van der Waals surface area contributed by atoms with Crippen LogP contribution in [0.5, 0.6) is 0 Å². The molecule has 1 fully saturated rings. The number of benzene rings is 1. The second kappa shape index (κ2) is 9.67. The molecule has 0 radical (unpaired) electrons. The van der Waals surface area contributed by atoms with Crippen LogP contribution in [0.25, 0.3) is 0 Å². The van der Waals surface area contributed by atoms with Gasteiger partial charge in [0.05, 0.1) is 18.6 Å². The summed E-state index contributed by atoms with van der Waals surface area (Å²) in [4.78, 5) is 24.8. The molecule has 1 aliphatic rings. The molecule has 0 spiro atoms. The lowest BCUT2D eigenvalue weighted by Crippen LogP contribution is -2.35. The van der Waals surface area contributed by atoms with Crippen molar-refractivity contribution >= 4 is 11.9 Å². The van der Waals surface area contributed by atoms with Crippen LogP contribution >= 0.6 is 0 Å². The third kappa shape index (κ3) is 6.04. The lowest BCUT2D eigenvalue weighted by Gasteiger charge is -2.26. The van der Waals surface area contributed by atoms with Crippen molar-refractivity contribution in [1.82, 2.24) is 4.90 Å². The van der Waals surface area contributed by atoms with Crippen LogP contribution in [0.3, 0.4) is 0 Å². The maximum atomic E-state index is 13.1. The van der Waals surface area contributed by atoms with Crippen LogP contribution in [0.1, 0.15) is 38.7 Å². The summed E-state index contributed by atoms with van der Waals surface area (Å²) in [5.74, 6) is 4.23. The third-order valence-corrected chi connectivity index (χ3v) is 4.90. The Kier molecular flexibility index (Phi) is 7.55. The molecule has 28 heavy (non-hydrogen) atoms. The molecule has 1 amide bonds. The molecular weight excluding hydrogens is 365 g/mol. The van der Waals surface area contributed by atoms with E-state index in [2.05, 4.69) is 11.8 Å². The first-order valence-corrected chi connectivity index (χ1v) is 9.30. The van der Waals surface area contributed by atoms with E-state index in [4.69, 9.17) is 5.11 Å². The van der Waals surface area contributed by atoms with Crippen molar-refractivity contribution in [2.45, 2.75) is 57.9 Å². The number of halogens is 1. The standard InChI is InChI=1S/C21H26FNO5/c1-13(2)18-11-20(26)23(12-14-3-5-15(22)6-4-14)19(18)8-7-16(24)9-17(25)10-21(27)28/h3-6,13,16-19,24-25H,9-12H2,1-2H3,(H,27,28)/t16-,17-,18-,19+/m1/s1. The highest BCUT2D eigenvalue weighted by Gasteiger charge is 2.40. The second-order valence-electron chi connectivity index (χ2n) is 7.50. The highest BCUT2D eigenvalue weighted by Crippen LogP contribution is 2.32. The first-order chi connectivity index (χ1) is 13.2. The Bertz CT molecular complexity index is 752. The third-order valence-electron chi connectivity index (χ3n) is 4.90. The molecular formula is C21H26FNO5. The van der Waals surface area contributed by atoms with Crippen molar-refractivity contribution in [3.05, 3.63) is 35.6 Å². The number of aliphatic hydroxyl groups excluding tert-OH is 2. The molecule has 1 saturated heterocycles. The van der Waals surface area contributed by atoms with Gasteiger partial charge in [0.2, 0.25) is 5.91 Å². The van der Waals surface area contributed by atoms with Gasteiger partial charge in [0.1, 0.15) is 11.9 Å². The molecule has 0 unspecified atom stereocenters. The number of carboxylic acid groups (broad SMARTS) is 1. The van der Waals surface area contributed by atoms with E-state index in [-0.39, 0.29) is 30.0 Å². The van der Waals surface area contributed by atoms with Gasteiger partial charge >= 0.3 is 5.97 Å². The van der Waals surface area contributed by atoms with E-state index < -0.39 is 30.6 Å². The summed E-state index contributed by atoms with van der Waals surface area (Å²) in [5, 5.41) is 28.3. The van der Waals surface area contributed by atoms with E-state index in [1.54, 1.807) is 17.0 Å². The van der Waals surface area contributed by atoms with Gasteiger partial charge in [-0.1, -0.05) is 37.8 Å². The molecule has 0 saturated carbocycles. The van der Waals surface area contributed by atoms with Gasteiger partial charge in [0.15, 0.2) is 0 Å². The van der Waals surface area contributed by atoms with Gasteiger partial charge in [-0.2, -0.15) is 0 Å². The summed E-state index contributed by atoms with van der Waals surface area (Å²) in [6.45, 7) is 4.29. The average molecular weight is 391 g/mol. The Morgan fingerprint density at radius 1 is 1.29 bits per heavy atom. The maximum absolute atomic E-state index is 13.1. The number of hydrogen-bond donors (Lipinski definition) is 3. The highest BCUT2D eigenvalue weighted by molar-refractivity contribution is 5.80. The van der Waals surface area contributed by atoms with Gasteiger partial charge in [0, 0.05) is 25.3 Å². The van der Waals surface area contributed by atoms with Gasteiger partial charge in [-0.15, -0.1) is 0 Å². The quantitative estimate of drug-likeness (QED) is 0.616. The van der Waals surface area contributed by atoms with Crippen molar-refractivity contribution in [2.24, 2.45) is 11.8 Å². The molecule has 0 aliphatic carbocycles. The Labute approximate surface area is 164 Å². The molecule has 7 heteroatoms. The summed E-state index contributed by atoms with van der Waals surface area (Å²) in [5.41, 5.74) is 0.781. The van der Waals surface area contributed by atoms with Gasteiger partial charge in [-0.05, 0) is 23.6 Å². The number of hydrogen-bond acceptors (Lipinski definition) is 4. The summed E-state index contributed by atoms with van der Waals surface area (Å²) in [7, 11) is 0. The number of carbonyl (C=O) groups is 2. The fourth-order valence-electron chi connectivity index (χ4n) is 3.36. The zero-order valence-electron chi connectivity index (χ0n) is 16.0. The number of likely N-dealkylation sites (tertiary alicyclic amines) is 1. The Morgan fingerprint density at radius 3 is 2.50 bits per heavy atom. The summed E-state index contributed by atoms with van der Waals surface area (Å²) >= 11 is 0. The molecule has 152 valence electrons. The molecule has 1 heterocycles. The minimum atomic E-state index is -1.19. The van der Waals surface area contributed by atoms with Crippen LogP contribution in [0.15, 0.2) is 24.3 Å². The number of carboxylic acids is 1. The normalized spacial score (nSPS) is 21.4. The number of carbonyl (C=O) groups excluding carboxylic acids is 1. The second-order valence-corrected chi connectivity index (χ2v) is 7.50. The topological polar surface area (TPSA) is 98.1 Å². The van der Waals surface area contributed by atoms with Gasteiger partial charge in [0.25, 0.3) is 0 Å². The first-order valence-electron chi connectivity index (χ1n) is 9.30. The summed E-state index contributed by atoms with van der Waals surface area (Å²) in [6.07, 6.45) is -2.68. The predicted molar refractivity (Wildman–Crippen MR) is 100 cm³/mol. The summed E-state index contributed by atoms with van der Waals surface area (Å²) < 4.78 is 13.1. The van der Waals surface area contributed by atoms with Crippen LogP contribution < -0.4 is 0 Å². The predicted octanol–water partition coefficient (Wildman–Crippen LogP) is 1.79. The molecule has 1 aliphatic heterocycles. The number of aliphatic hydroxyl groups is 2. The van der Waals surface area contributed by atoms with Crippen LogP contribution in [-0.4, -0.2) is 50.3 Å². The first kappa shape index (κ1) is 21.9. The van der Waals surface area contributed by atoms with Crippen LogP contribution in [0, 0.1) is 29.5 Å². The van der Waals surface area contributed by atoms with Crippen LogP contribution in [-0.2, 0) is 16.1 Å². The molecule has 4 atom stereocenters. The van der Waals surface area contributed by atoms with E-state index in [9.17, 15) is 24.2 Å². The van der Waals surface area contributed by atoms with Crippen molar-refractivity contribution < 1.29 is 29.3 Å². The molecule has 0 bridgehead atoms. The Balaban J connectivity index is 2.15. The van der Waals surface area contributed by atoms with Crippen LogP contribution in [0.4, 0.5) is 4.39 Å². The molecule has 1 aromatic rings. The molecule has 3 N–H and O–H groups in total. The van der Waals surface area contributed by atoms with E-state index >= 15 is 0 Å². The highest BCUT2D eigenvalue weighted by atomic mass is 19.1. The minimum Gasteiger partial charge on any atom is -0.481 e. The number of amides is 1. The van der Waals surface area contributed by atoms with Crippen molar-refractivity contribution in [3.63, 3.8) is 0 Å². The average Bonchev–Trinajstić information content (AvgIpc) is 2.90. The molecule has 1 aromatic carbocycles. The fraction of sp³-hybridized carbons (Fsp3) is 0.524. The lowest BCUT2D eigenvalue weighted by atomic mass is 9.88. The van der Waals surface area contributed by atoms with Crippen molar-refractivity contribution in [1.29, 1.82) is 0 Å². The Morgan fingerprint density at radius 2 is 1.93 bits per heavy atom. The number of nitrogens with zero attached hydrogens (tertiary/aromatic N) is 1. The number of aliphatic carboxylic acids is 1. The largest absolute Gasteiger partial charge is 0.481 e.